The van der Waals surface area contributed by atoms with Gasteiger partial charge in [-0.15, -0.1) is 0 Å². The van der Waals surface area contributed by atoms with Gasteiger partial charge in [-0.1, -0.05) is 19.9 Å². The third kappa shape index (κ3) is 4.06. The molecule has 5 nitrogen and oxygen atoms in total. The topological polar surface area (TPSA) is 98.2 Å². The number of hydrogen-bond acceptors (Lipinski definition) is 3. The second-order valence-corrected chi connectivity index (χ2v) is 5.07. The van der Waals surface area contributed by atoms with Crippen molar-refractivity contribution in [3.63, 3.8) is 0 Å². The Labute approximate surface area is 113 Å². The lowest BCUT2D eigenvalue weighted by molar-refractivity contribution is -0.117. The van der Waals surface area contributed by atoms with Crippen LogP contribution in [-0.2, 0) is 4.79 Å². The highest BCUT2D eigenvalue weighted by atomic mass is 16.2. The van der Waals surface area contributed by atoms with Gasteiger partial charge >= 0.3 is 0 Å². The quantitative estimate of drug-likeness (QED) is 0.749. The van der Waals surface area contributed by atoms with Crippen LogP contribution in [0.5, 0.6) is 0 Å². The van der Waals surface area contributed by atoms with Crippen molar-refractivity contribution in [2.45, 2.75) is 33.2 Å². The fourth-order valence-electron chi connectivity index (χ4n) is 1.88. The number of nitrogens with one attached hydrogen (secondary N) is 1. The molecule has 2 amide bonds. The van der Waals surface area contributed by atoms with Gasteiger partial charge in [0.15, 0.2) is 0 Å². The standard InChI is InChI=1S/C14H21N3O2/c1-8(2)7-11(15)14(19)17-12-6-4-5-10(9(12)3)13(16)18/h4-6,8,11H,7,15H2,1-3H3,(H2,16,18)(H,17,19). The lowest BCUT2D eigenvalue weighted by Gasteiger charge is -2.16. The Kier molecular flexibility index (Phi) is 5.06. The van der Waals surface area contributed by atoms with Crippen molar-refractivity contribution in [1.82, 2.24) is 0 Å². The zero-order valence-corrected chi connectivity index (χ0v) is 11.6. The van der Waals surface area contributed by atoms with Gasteiger partial charge in [0.2, 0.25) is 11.8 Å². The molecule has 1 atom stereocenters. The molecular weight excluding hydrogens is 242 g/mol. The van der Waals surface area contributed by atoms with Crippen LogP contribution in [0.25, 0.3) is 0 Å². The van der Waals surface area contributed by atoms with Gasteiger partial charge < -0.3 is 16.8 Å². The Morgan fingerprint density at radius 2 is 1.95 bits per heavy atom. The zero-order chi connectivity index (χ0) is 14.6. The van der Waals surface area contributed by atoms with Crippen molar-refractivity contribution in [3.8, 4) is 0 Å². The Hall–Kier alpha value is -1.88. The van der Waals surface area contributed by atoms with E-state index in [2.05, 4.69) is 5.32 Å². The number of carbonyl (C=O) groups excluding carboxylic acids is 2. The maximum atomic E-state index is 11.9. The number of nitrogens with two attached hydrogens (primary N) is 2. The third-order valence-corrected chi connectivity index (χ3v) is 2.92. The molecule has 1 aromatic carbocycles. The number of amides is 2. The molecule has 104 valence electrons. The Morgan fingerprint density at radius 3 is 2.47 bits per heavy atom. The molecule has 0 spiro atoms. The molecule has 0 aliphatic carbocycles. The summed E-state index contributed by atoms with van der Waals surface area (Å²) in [6, 6.07) is 4.47. The van der Waals surface area contributed by atoms with Gasteiger partial charge in [-0.05, 0) is 37.0 Å². The highest BCUT2D eigenvalue weighted by Crippen LogP contribution is 2.19. The van der Waals surface area contributed by atoms with E-state index in [0.717, 1.165) is 0 Å². The predicted octanol–water partition coefficient (Wildman–Crippen LogP) is 1.41. The maximum Gasteiger partial charge on any atom is 0.249 e. The highest BCUT2D eigenvalue weighted by Gasteiger charge is 2.17. The summed E-state index contributed by atoms with van der Waals surface area (Å²) in [6.07, 6.45) is 0.611. The fraction of sp³-hybridized carbons (Fsp3) is 0.429. The van der Waals surface area contributed by atoms with E-state index in [1.54, 1.807) is 25.1 Å². The van der Waals surface area contributed by atoms with Crippen LogP contribution in [0.4, 0.5) is 5.69 Å². The van der Waals surface area contributed by atoms with Gasteiger partial charge in [-0.2, -0.15) is 0 Å². The molecule has 5 N–H and O–H groups in total. The van der Waals surface area contributed by atoms with E-state index in [-0.39, 0.29) is 5.91 Å². The van der Waals surface area contributed by atoms with E-state index >= 15 is 0 Å². The minimum absolute atomic E-state index is 0.251. The molecule has 1 unspecified atom stereocenters. The van der Waals surface area contributed by atoms with Crippen molar-refractivity contribution in [2.24, 2.45) is 17.4 Å². The first-order valence-corrected chi connectivity index (χ1v) is 6.28. The number of carbonyl (C=O) groups is 2. The molecule has 0 aliphatic rings. The van der Waals surface area contributed by atoms with Crippen LogP contribution in [0.3, 0.4) is 0 Å². The Balaban J connectivity index is 2.86. The fourth-order valence-corrected chi connectivity index (χ4v) is 1.88. The lowest BCUT2D eigenvalue weighted by Crippen LogP contribution is -2.36. The van der Waals surface area contributed by atoms with E-state index in [9.17, 15) is 9.59 Å². The molecule has 5 heteroatoms. The Morgan fingerprint density at radius 1 is 1.32 bits per heavy atom. The molecule has 0 saturated heterocycles. The van der Waals surface area contributed by atoms with Crippen LogP contribution in [0, 0.1) is 12.8 Å². The predicted molar refractivity (Wildman–Crippen MR) is 75.8 cm³/mol. The molecule has 0 radical (unpaired) electrons. The summed E-state index contributed by atoms with van der Waals surface area (Å²) in [5.74, 6) is -0.419. The summed E-state index contributed by atoms with van der Waals surface area (Å²) in [7, 11) is 0. The largest absolute Gasteiger partial charge is 0.366 e. The maximum absolute atomic E-state index is 11.9. The van der Waals surface area contributed by atoms with Crippen molar-refractivity contribution >= 4 is 17.5 Å². The van der Waals surface area contributed by atoms with Crippen LogP contribution in [0.15, 0.2) is 18.2 Å². The van der Waals surface area contributed by atoms with Crippen LogP contribution < -0.4 is 16.8 Å². The number of rotatable bonds is 5. The van der Waals surface area contributed by atoms with E-state index in [1.165, 1.54) is 0 Å². The van der Waals surface area contributed by atoms with E-state index < -0.39 is 11.9 Å². The zero-order valence-electron chi connectivity index (χ0n) is 11.6. The molecule has 0 heterocycles. The molecule has 0 fully saturated rings. The Bertz CT molecular complexity index is 484. The summed E-state index contributed by atoms with van der Waals surface area (Å²) in [5.41, 5.74) is 12.7. The van der Waals surface area contributed by atoms with Crippen LogP contribution in [0.2, 0.25) is 0 Å². The summed E-state index contributed by atoms with van der Waals surface area (Å²) in [4.78, 5) is 23.2. The summed E-state index contributed by atoms with van der Waals surface area (Å²) in [5, 5.41) is 2.74. The van der Waals surface area contributed by atoms with E-state index in [0.29, 0.717) is 29.2 Å². The first-order chi connectivity index (χ1) is 8.82. The molecule has 1 aromatic rings. The average molecular weight is 263 g/mol. The van der Waals surface area contributed by atoms with Crippen molar-refractivity contribution in [2.75, 3.05) is 5.32 Å². The molecule has 1 rings (SSSR count). The third-order valence-electron chi connectivity index (χ3n) is 2.92. The van der Waals surface area contributed by atoms with Crippen LogP contribution >= 0.6 is 0 Å². The van der Waals surface area contributed by atoms with Gasteiger partial charge in [0.1, 0.15) is 0 Å². The van der Waals surface area contributed by atoms with Gasteiger partial charge in [0, 0.05) is 11.3 Å². The minimum atomic E-state index is -0.559. The molecule has 19 heavy (non-hydrogen) atoms. The second-order valence-electron chi connectivity index (χ2n) is 5.07. The van der Waals surface area contributed by atoms with Crippen molar-refractivity contribution in [3.05, 3.63) is 29.3 Å². The lowest BCUT2D eigenvalue weighted by atomic mass is 10.0. The molecule has 0 aromatic heterocycles. The number of anilines is 1. The first kappa shape index (κ1) is 15.2. The average Bonchev–Trinajstić information content (AvgIpc) is 2.30. The van der Waals surface area contributed by atoms with Gasteiger partial charge in [0.25, 0.3) is 0 Å². The molecule has 0 saturated carbocycles. The minimum Gasteiger partial charge on any atom is -0.366 e. The highest BCUT2D eigenvalue weighted by molar-refractivity contribution is 5.99. The molecule has 0 bridgehead atoms. The monoisotopic (exact) mass is 263 g/mol. The van der Waals surface area contributed by atoms with Gasteiger partial charge in [-0.3, -0.25) is 9.59 Å². The molecule has 0 aliphatic heterocycles. The van der Waals surface area contributed by atoms with Crippen LogP contribution in [-0.4, -0.2) is 17.9 Å². The van der Waals surface area contributed by atoms with Gasteiger partial charge in [-0.25, -0.2) is 0 Å². The number of primary amides is 1. The van der Waals surface area contributed by atoms with Gasteiger partial charge in [0.05, 0.1) is 6.04 Å². The normalized spacial score (nSPS) is 12.3. The van der Waals surface area contributed by atoms with Crippen molar-refractivity contribution in [1.29, 1.82) is 0 Å². The SMILES string of the molecule is Cc1c(NC(=O)C(N)CC(C)C)cccc1C(N)=O. The van der Waals surface area contributed by atoms with Crippen LogP contribution in [0.1, 0.15) is 36.2 Å². The number of hydrogen-bond donors (Lipinski definition) is 3. The summed E-state index contributed by atoms with van der Waals surface area (Å²) >= 11 is 0. The number of benzene rings is 1. The van der Waals surface area contributed by atoms with Crippen molar-refractivity contribution < 1.29 is 9.59 Å². The van der Waals surface area contributed by atoms with E-state index in [4.69, 9.17) is 11.5 Å². The first-order valence-electron chi connectivity index (χ1n) is 6.28. The molecular formula is C14H21N3O2. The summed E-state index contributed by atoms with van der Waals surface area (Å²) < 4.78 is 0. The smallest absolute Gasteiger partial charge is 0.249 e. The van der Waals surface area contributed by atoms with E-state index in [1.807, 2.05) is 13.8 Å². The second kappa shape index (κ2) is 6.33. The summed E-state index contributed by atoms with van der Waals surface area (Å²) in [6.45, 7) is 5.75.